The Morgan fingerprint density at radius 3 is 2.67 bits per heavy atom. The van der Waals surface area contributed by atoms with E-state index >= 15 is 0 Å². The van der Waals surface area contributed by atoms with Crippen LogP contribution in [0.25, 0.3) is 0 Å². The van der Waals surface area contributed by atoms with Crippen molar-refractivity contribution < 1.29 is 32.8 Å². The van der Waals surface area contributed by atoms with Crippen molar-refractivity contribution in [1.82, 2.24) is 14.9 Å². The highest BCUT2D eigenvalue weighted by Gasteiger charge is 2.44. The molecule has 13 heteroatoms. The summed E-state index contributed by atoms with van der Waals surface area (Å²) >= 11 is 0. The third-order valence-electron chi connectivity index (χ3n) is 11.6. The molecule has 2 aromatic carbocycles. The van der Waals surface area contributed by atoms with E-state index in [0.29, 0.717) is 30.6 Å². The second-order valence-electron chi connectivity index (χ2n) is 15.5. The number of rotatable bonds is 3. The van der Waals surface area contributed by atoms with Crippen molar-refractivity contribution in [2.24, 2.45) is 22.1 Å². The van der Waals surface area contributed by atoms with Gasteiger partial charge in [0.25, 0.3) is 5.91 Å². The van der Waals surface area contributed by atoms with E-state index in [4.69, 9.17) is 14.2 Å². The van der Waals surface area contributed by atoms with Gasteiger partial charge in [-0.2, -0.15) is 0 Å². The molecule has 6 atom stereocenters. The zero-order valence-corrected chi connectivity index (χ0v) is 31.4. The second kappa shape index (κ2) is 14.7. The van der Waals surface area contributed by atoms with Crippen LogP contribution in [0.1, 0.15) is 66.1 Å². The third-order valence-corrected chi connectivity index (χ3v) is 13.6. The molecule has 0 radical (unpaired) electrons. The van der Waals surface area contributed by atoms with Crippen LogP contribution in [0.3, 0.4) is 0 Å². The monoisotopic (exact) mass is 733 g/mol. The Balaban J connectivity index is 1.23. The number of benzene rings is 2. The number of amides is 4. The minimum atomic E-state index is -3.56. The molecule has 2 fully saturated rings. The van der Waals surface area contributed by atoms with Gasteiger partial charge in [-0.25, -0.2) is 13.8 Å². The average Bonchev–Trinajstić information content (AvgIpc) is 3.23. The van der Waals surface area contributed by atoms with Crippen molar-refractivity contribution in [3.05, 3.63) is 70.8 Å². The lowest BCUT2D eigenvalue weighted by Gasteiger charge is -2.46. The molecule has 2 N–H and O–H groups in total. The third kappa shape index (κ3) is 7.39. The average molecular weight is 734 g/mol. The predicted molar refractivity (Wildman–Crippen MR) is 199 cm³/mol. The molecule has 280 valence electrons. The molecule has 7 rings (SSSR count). The summed E-state index contributed by atoms with van der Waals surface area (Å²) in [6.45, 7) is 6.66. The number of anilines is 1. The van der Waals surface area contributed by atoms with Crippen LogP contribution in [0.4, 0.5) is 15.3 Å². The molecule has 2 aromatic rings. The van der Waals surface area contributed by atoms with Gasteiger partial charge in [-0.3, -0.25) is 9.52 Å². The second-order valence-corrected chi connectivity index (χ2v) is 17.5. The number of hydrogen-bond acceptors (Lipinski definition) is 8. The molecule has 1 spiro atoms. The molecule has 2 bridgehead atoms. The Hall–Kier alpha value is -4.10. The van der Waals surface area contributed by atoms with E-state index in [-0.39, 0.29) is 47.9 Å². The van der Waals surface area contributed by atoms with Crippen LogP contribution in [-0.4, -0.2) is 92.0 Å². The maximum atomic E-state index is 14.4. The Bertz CT molecular complexity index is 1870. The van der Waals surface area contributed by atoms with Crippen molar-refractivity contribution in [1.29, 1.82) is 0 Å². The predicted octanol–water partition coefficient (Wildman–Crippen LogP) is 5.38. The van der Waals surface area contributed by atoms with E-state index < -0.39 is 27.9 Å². The van der Waals surface area contributed by atoms with Crippen molar-refractivity contribution in [3.8, 4) is 5.75 Å². The molecule has 12 nitrogen and oxygen atoms in total. The molecule has 0 aromatic heterocycles. The lowest BCUT2D eigenvalue weighted by atomic mass is 9.68. The van der Waals surface area contributed by atoms with Gasteiger partial charge in [-0.05, 0) is 92.5 Å². The highest BCUT2D eigenvalue weighted by atomic mass is 32.2. The number of ether oxygens (including phenoxy) is 3. The molecule has 52 heavy (non-hydrogen) atoms. The molecule has 3 aliphatic heterocycles. The number of hydrogen-bond donors (Lipinski definition) is 2. The summed E-state index contributed by atoms with van der Waals surface area (Å²) in [5.41, 5.74) is 4.88. The van der Waals surface area contributed by atoms with Crippen molar-refractivity contribution in [3.63, 3.8) is 0 Å². The first kappa shape index (κ1) is 36.3. The quantitative estimate of drug-likeness (QED) is 0.402. The molecule has 3 heterocycles. The standard InChI is InChI=1S/C39H51N5O7S/c1-25-10-14-32-27(17-25)8-6-16-39(32)23-44-19-29-11-13-31(29)34(49-3)9-5-7-26(2)22-52(48,42-37(46)40-30-20-43(21-30)38(47)50-4)41-36(45)28-12-15-35(51-24-39)33(44)18-28/h5,9-10,12,14-15,17-18,26,29-31,34H,6-8,11,13,16,19-24H2,1-4H3,(H2,40,41,42,45,46,48)/b9-5+/t26-,29-,31+,34-,39-,52?/m0/s1. The SMILES string of the molecule is COC(=O)N1CC(NC(=O)NS2(=O)=NC(=O)c3ccc4c(c3)N(C[C@@H]3CC[C@H]3[C@@H](OC)/C=C/C[C@H](C)C2)C[C@@]2(CCCc3cc(C)ccc32)CO4)C1. The van der Waals surface area contributed by atoms with E-state index in [2.05, 4.69) is 56.6 Å². The van der Waals surface area contributed by atoms with Crippen LogP contribution in [0.15, 0.2) is 52.9 Å². The number of carbonyl (C=O) groups excluding carboxylic acids is 3. The first-order valence-corrected chi connectivity index (χ1v) is 20.2. The van der Waals surface area contributed by atoms with E-state index in [9.17, 15) is 18.6 Å². The van der Waals surface area contributed by atoms with Crippen LogP contribution < -0.4 is 19.7 Å². The Morgan fingerprint density at radius 1 is 1.10 bits per heavy atom. The fraction of sp³-hybridized carbons (Fsp3) is 0.564. The highest BCUT2D eigenvalue weighted by molar-refractivity contribution is 7.92. The summed E-state index contributed by atoms with van der Waals surface area (Å²) in [5, 5.41) is 2.75. The topological polar surface area (TPSA) is 139 Å². The first-order valence-electron chi connectivity index (χ1n) is 18.5. The lowest BCUT2D eigenvalue weighted by molar-refractivity contribution is 0.0131. The number of methoxy groups -OCH3 is 2. The number of nitrogens with one attached hydrogen (secondary N) is 2. The number of aryl methyl sites for hydroxylation is 2. The van der Waals surface area contributed by atoms with Gasteiger partial charge < -0.3 is 29.3 Å². The summed E-state index contributed by atoms with van der Waals surface area (Å²) < 4.78 is 38.7. The largest absolute Gasteiger partial charge is 0.490 e. The van der Waals surface area contributed by atoms with Gasteiger partial charge in [0.1, 0.15) is 15.7 Å². The first-order chi connectivity index (χ1) is 25.0. The summed E-state index contributed by atoms with van der Waals surface area (Å²) in [7, 11) is -0.500. The molecule has 4 amide bonds. The number of likely N-dealkylation sites (tertiary alicyclic amines) is 1. The summed E-state index contributed by atoms with van der Waals surface area (Å²) in [4.78, 5) is 42.7. The molecular formula is C39H51N5O7S. The van der Waals surface area contributed by atoms with E-state index in [0.717, 1.165) is 50.9 Å². The van der Waals surface area contributed by atoms with Gasteiger partial charge in [0, 0.05) is 44.3 Å². The van der Waals surface area contributed by atoms with Gasteiger partial charge in [0.2, 0.25) is 0 Å². The molecule has 5 aliphatic rings. The highest BCUT2D eigenvalue weighted by Crippen LogP contribution is 2.47. The molecule has 1 saturated carbocycles. The number of urea groups is 1. The minimum absolute atomic E-state index is 0.0270. The summed E-state index contributed by atoms with van der Waals surface area (Å²) in [6.07, 6.45) is 9.50. The van der Waals surface area contributed by atoms with Gasteiger partial charge in [-0.15, -0.1) is 4.36 Å². The van der Waals surface area contributed by atoms with Crippen molar-refractivity contribution >= 4 is 33.6 Å². The summed E-state index contributed by atoms with van der Waals surface area (Å²) in [5.74, 6) is 0.579. The fourth-order valence-corrected chi connectivity index (χ4v) is 10.6. The van der Waals surface area contributed by atoms with Gasteiger partial charge in [-0.1, -0.05) is 42.8 Å². The molecule has 1 unspecified atom stereocenters. The minimum Gasteiger partial charge on any atom is -0.490 e. The normalized spacial score (nSPS) is 31.0. The van der Waals surface area contributed by atoms with Gasteiger partial charge in [0.15, 0.2) is 0 Å². The van der Waals surface area contributed by atoms with Crippen molar-refractivity contribution in [2.75, 3.05) is 57.7 Å². The van der Waals surface area contributed by atoms with Gasteiger partial charge in [0.05, 0.1) is 37.3 Å². The van der Waals surface area contributed by atoms with Crippen LogP contribution in [0.5, 0.6) is 5.75 Å². The fourth-order valence-electron chi connectivity index (χ4n) is 8.74. The number of allylic oxidation sites excluding steroid dienone is 1. The molecular weight excluding hydrogens is 683 g/mol. The van der Waals surface area contributed by atoms with Crippen LogP contribution in [-0.2, 0) is 31.2 Å². The van der Waals surface area contributed by atoms with E-state index in [1.807, 2.05) is 19.1 Å². The number of nitrogens with zero attached hydrogens (tertiary/aromatic N) is 3. The zero-order chi connectivity index (χ0) is 36.6. The van der Waals surface area contributed by atoms with Crippen LogP contribution in [0.2, 0.25) is 0 Å². The molecule has 2 aliphatic carbocycles. The van der Waals surface area contributed by atoms with Gasteiger partial charge >= 0.3 is 12.1 Å². The van der Waals surface area contributed by atoms with Crippen molar-refractivity contribution in [2.45, 2.75) is 69.9 Å². The zero-order valence-electron chi connectivity index (χ0n) is 30.6. The van der Waals surface area contributed by atoms with Crippen LogP contribution >= 0.6 is 0 Å². The maximum absolute atomic E-state index is 14.4. The Labute approximate surface area is 306 Å². The molecule has 1 saturated heterocycles. The van der Waals surface area contributed by atoms with Crippen LogP contribution in [0, 0.1) is 24.7 Å². The number of carbonyl (C=O) groups is 3. The smallest absolute Gasteiger partial charge is 0.409 e. The number of fused-ring (bicyclic) bond motifs is 4. The van der Waals surface area contributed by atoms with E-state index in [1.165, 1.54) is 28.7 Å². The maximum Gasteiger partial charge on any atom is 0.409 e. The van der Waals surface area contributed by atoms with E-state index in [1.54, 1.807) is 13.2 Å². The Kier molecular flexibility index (Phi) is 10.3. The lowest BCUT2D eigenvalue weighted by Crippen LogP contribution is -2.62. The Morgan fingerprint density at radius 2 is 1.92 bits per heavy atom. The summed E-state index contributed by atoms with van der Waals surface area (Å²) in [6, 6.07) is 11.1.